The van der Waals surface area contributed by atoms with E-state index in [1.54, 1.807) is 12.1 Å². The third kappa shape index (κ3) is 4.40. The molecule has 4 nitrogen and oxygen atoms in total. The van der Waals surface area contributed by atoms with E-state index < -0.39 is 0 Å². The van der Waals surface area contributed by atoms with Crippen LogP contribution in [0, 0.1) is 0 Å². The molecule has 0 radical (unpaired) electrons. The van der Waals surface area contributed by atoms with Gasteiger partial charge in [-0.1, -0.05) is 48.5 Å². The Labute approximate surface area is 189 Å². The van der Waals surface area contributed by atoms with E-state index in [0.717, 1.165) is 39.3 Å². The Balaban J connectivity index is 1.81. The Morgan fingerprint density at radius 3 is 2.41 bits per heavy atom. The van der Waals surface area contributed by atoms with Crippen molar-refractivity contribution in [2.75, 3.05) is 11.9 Å². The molecule has 0 aromatic heterocycles. The molecule has 32 heavy (non-hydrogen) atoms. The van der Waals surface area contributed by atoms with Crippen molar-refractivity contribution >= 4 is 17.2 Å². The molecule has 1 N–H and O–H groups in total. The van der Waals surface area contributed by atoms with E-state index in [0.29, 0.717) is 12.2 Å². The maximum absolute atomic E-state index is 12.7. The molecule has 1 aliphatic heterocycles. The van der Waals surface area contributed by atoms with Crippen molar-refractivity contribution in [3.8, 4) is 16.9 Å². The summed E-state index contributed by atoms with van der Waals surface area (Å²) >= 11 is 0. The van der Waals surface area contributed by atoms with Gasteiger partial charge in [-0.2, -0.15) is 0 Å². The quantitative estimate of drug-likeness (QED) is 0.444. The number of fused-ring (bicyclic) bond motifs is 1. The van der Waals surface area contributed by atoms with Crippen LogP contribution in [-0.4, -0.2) is 18.1 Å². The maximum atomic E-state index is 12.7. The first-order valence-electron chi connectivity index (χ1n) is 11.0. The van der Waals surface area contributed by atoms with Crippen LogP contribution in [0.1, 0.15) is 49.2 Å². The Morgan fingerprint density at radius 1 is 0.938 bits per heavy atom. The monoisotopic (exact) mass is 427 g/mol. The Kier molecular flexibility index (Phi) is 6.04. The van der Waals surface area contributed by atoms with Gasteiger partial charge in [0.2, 0.25) is 0 Å². The number of hydrogen-bond acceptors (Lipinski definition) is 4. The fourth-order valence-electron chi connectivity index (χ4n) is 4.37. The lowest BCUT2D eigenvalue weighted by Gasteiger charge is -2.33. The summed E-state index contributed by atoms with van der Waals surface area (Å²) in [4.78, 5) is 12.7. The molecule has 0 saturated heterocycles. The van der Waals surface area contributed by atoms with Crippen LogP contribution in [0.4, 0.5) is 5.69 Å². The molecule has 0 fully saturated rings. The summed E-state index contributed by atoms with van der Waals surface area (Å²) in [5, 5.41) is 3.60. The normalized spacial score (nSPS) is 14.1. The van der Waals surface area contributed by atoms with Gasteiger partial charge < -0.3 is 14.8 Å². The Bertz CT molecular complexity index is 1160. The molecule has 3 aromatic carbocycles. The van der Waals surface area contributed by atoms with Crippen molar-refractivity contribution in [1.29, 1.82) is 0 Å². The fraction of sp³-hybridized carbons (Fsp3) is 0.250. The van der Waals surface area contributed by atoms with Gasteiger partial charge in [-0.05, 0) is 63.1 Å². The third-order valence-electron chi connectivity index (χ3n) is 5.58. The van der Waals surface area contributed by atoms with Crippen molar-refractivity contribution < 1.29 is 14.3 Å². The van der Waals surface area contributed by atoms with Crippen molar-refractivity contribution in [2.45, 2.75) is 39.8 Å². The standard InChI is InChI=1S/C28H29NO3/c1-5-31-25-14-10-9-13-22(25)21-15-16-24-26(19(2)17-28(3,4)29-24)23(21)18-32-27(30)20-11-7-6-8-12-20/h6-17,29H,5,18H2,1-4H3. The molecule has 1 aliphatic rings. The largest absolute Gasteiger partial charge is 0.493 e. The maximum Gasteiger partial charge on any atom is 0.338 e. The minimum atomic E-state index is -0.335. The van der Waals surface area contributed by atoms with Gasteiger partial charge in [-0.25, -0.2) is 4.79 Å². The Morgan fingerprint density at radius 2 is 1.66 bits per heavy atom. The molecule has 4 rings (SSSR count). The highest BCUT2D eigenvalue weighted by Crippen LogP contribution is 2.42. The topological polar surface area (TPSA) is 47.6 Å². The van der Waals surface area contributed by atoms with Crippen molar-refractivity contribution in [3.63, 3.8) is 0 Å². The second kappa shape index (κ2) is 8.91. The molecule has 164 valence electrons. The number of allylic oxidation sites excluding steroid dienone is 1. The van der Waals surface area contributed by atoms with E-state index in [1.165, 1.54) is 0 Å². The van der Waals surface area contributed by atoms with Crippen LogP contribution in [0.15, 0.2) is 72.8 Å². The molecule has 0 spiro atoms. The van der Waals surface area contributed by atoms with Crippen molar-refractivity contribution in [1.82, 2.24) is 0 Å². The molecule has 0 atom stereocenters. The van der Waals surface area contributed by atoms with Gasteiger partial charge in [0.25, 0.3) is 0 Å². The molecule has 3 aromatic rings. The van der Waals surface area contributed by atoms with E-state index in [-0.39, 0.29) is 18.1 Å². The summed E-state index contributed by atoms with van der Waals surface area (Å²) in [7, 11) is 0. The number of hydrogen-bond donors (Lipinski definition) is 1. The van der Waals surface area contributed by atoms with Gasteiger partial charge in [0.1, 0.15) is 12.4 Å². The summed E-state index contributed by atoms with van der Waals surface area (Å²) in [5.74, 6) is 0.481. The van der Waals surface area contributed by atoms with Gasteiger partial charge in [-0.15, -0.1) is 0 Å². The lowest BCUT2D eigenvalue weighted by Crippen LogP contribution is -2.32. The van der Waals surface area contributed by atoms with Crippen LogP contribution in [0.3, 0.4) is 0 Å². The van der Waals surface area contributed by atoms with Crippen LogP contribution >= 0.6 is 0 Å². The predicted molar refractivity (Wildman–Crippen MR) is 130 cm³/mol. The lowest BCUT2D eigenvalue weighted by atomic mass is 9.85. The minimum Gasteiger partial charge on any atom is -0.493 e. The molecule has 4 heteroatoms. The molecular weight excluding hydrogens is 398 g/mol. The average molecular weight is 428 g/mol. The molecule has 0 bridgehead atoms. The van der Waals surface area contributed by atoms with Gasteiger partial charge >= 0.3 is 5.97 Å². The summed E-state index contributed by atoms with van der Waals surface area (Å²) in [5.41, 5.74) is 6.62. The number of ether oxygens (including phenoxy) is 2. The molecule has 0 saturated carbocycles. The molecule has 0 amide bonds. The second-order valence-electron chi connectivity index (χ2n) is 8.56. The van der Waals surface area contributed by atoms with Crippen LogP contribution in [0.2, 0.25) is 0 Å². The zero-order chi connectivity index (χ0) is 22.7. The number of carbonyl (C=O) groups excluding carboxylic acids is 1. The van der Waals surface area contributed by atoms with Gasteiger partial charge in [0.05, 0.1) is 17.7 Å². The number of carbonyl (C=O) groups is 1. The van der Waals surface area contributed by atoms with E-state index in [1.807, 2.05) is 43.3 Å². The highest BCUT2D eigenvalue weighted by molar-refractivity contribution is 5.91. The van der Waals surface area contributed by atoms with Gasteiger partial charge in [0.15, 0.2) is 0 Å². The zero-order valence-electron chi connectivity index (χ0n) is 19.1. The van der Waals surface area contributed by atoms with E-state index in [4.69, 9.17) is 9.47 Å². The number of esters is 1. The molecule has 0 aliphatic carbocycles. The Hall–Kier alpha value is -3.53. The zero-order valence-corrected chi connectivity index (χ0v) is 19.1. The van der Waals surface area contributed by atoms with E-state index >= 15 is 0 Å². The minimum absolute atomic E-state index is 0.153. The smallest absolute Gasteiger partial charge is 0.338 e. The number of anilines is 1. The van der Waals surface area contributed by atoms with Gasteiger partial charge in [0, 0.05) is 22.4 Å². The summed E-state index contributed by atoms with van der Waals surface area (Å²) < 4.78 is 11.7. The molecule has 0 unspecified atom stereocenters. The van der Waals surface area contributed by atoms with Crippen molar-refractivity contribution in [2.24, 2.45) is 0 Å². The first kappa shape index (κ1) is 21.7. The molecular formula is C28H29NO3. The first-order valence-corrected chi connectivity index (χ1v) is 11.0. The number of para-hydroxylation sites is 1. The second-order valence-corrected chi connectivity index (χ2v) is 8.56. The summed E-state index contributed by atoms with van der Waals surface area (Å²) in [6.07, 6.45) is 2.22. The van der Waals surface area contributed by atoms with Crippen LogP contribution in [0.25, 0.3) is 16.7 Å². The average Bonchev–Trinajstić information content (AvgIpc) is 2.77. The number of rotatable bonds is 6. The van der Waals surface area contributed by atoms with Crippen LogP contribution in [0.5, 0.6) is 5.75 Å². The number of benzene rings is 3. The van der Waals surface area contributed by atoms with Gasteiger partial charge in [-0.3, -0.25) is 0 Å². The molecule has 1 heterocycles. The lowest BCUT2D eigenvalue weighted by molar-refractivity contribution is 0.0473. The fourth-order valence-corrected chi connectivity index (χ4v) is 4.37. The highest BCUT2D eigenvalue weighted by atomic mass is 16.5. The highest BCUT2D eigenvalue weighted by Gasteiger charge is 2.27. The van der Waals surface area contributed by atoms with E-state index in [2.05, 4.69) is 50.4 Å². The first-order chi connectivity index (χ1) is 15.4. The van der Waals surface area contributed by atoms with Crippen LogP contribution in [-0.2, 0) is 11.3 Å². The summed E-state index contributed by atoms with van der Waals surface area (Å²) in [6, 6.07) is 21.3. The van der Waals surface area contributed by atoms with E-state index in [9.17, 15) is 4.79 Å². The SMILES string of the molecule is CCOc1ccccc1-c1ccc2c(c1COC(=O)c1ccccc1)C(C)=CC(C)(C)N2. The number of nitrogens with one attached hydrogen (secondary N) is 1. The summed E-state index contributed by atoms with van der Waals surface area (Å²) in [6.45, 7) is 9.13. The van der Waals surface area contributed by atoms with Crippen molar-refractivity contribution in [3.05, 3.63) is 89.5 Å². The third-order valence-corrected chi connectivity index (χ3v) is 5.58. The van der Waals surface area contributed by atoms with Crippen LogP contribution < -0.4 is 10.1 Å². The predicted octanol–water partition coefficient (Wildman–Crippen LogP) is 6.72.